The maximum atomic E-state index is 13.0. The number of amides is 1. The van der Waals surface area contributed by atoms with Crippen LogP contribution in [0.3, 0.4) is 0 Å². The highest BCUT2D eigenvalue weighted by atomic mass is 32.1. The average molecular weight is 340 g/mol. The predicted octanol–water partition coefficient (Wildman–Crippen LogP) is 4.75. The van der Waals surface area contributed by atoms with Crippen molar-refractivity contribution in [2.24, 2.45) is 0 Å². The van der Waals surface area contributed by atoms with Crippen molar-refractivity contribution >= 4 is 22.4 Å². The number of anilines is 1. The normalized spacial score (nSPS) is 10.6. The van der Waals surface area contributed by atoms with Crippen molar-refractivity contribution in [3.63, 3.8) is 0 Å². The van der Waals surface area contributed by atoms with Gasteiger partial charge in [-0.1, -0.05) is 18.2 Å². The Bertz CT molecular complexity index is 871. The van der Waals surface area contributed by atoms with E-state index in [0.717, 1.165) is 16.8 Å². The molecule has 0 aliphatic heterocycles. The van der Waals surface area contributed by atoms with Crippen molar-refractivity contribution in [2.75, 3.05) is 5.32 Å². The summed E-state index contributed by atoms with van der Waals surface area (Å²) in [7, 11) is 0. The van der Waals surface area contributed by atoms with E-state index < -0.39 is 0 Å². The minimum absolute atomic E-state index is 0.0988. The van der Waals surface area contributed by atoms with Crippen molar-refractivity contribution in [2.45, 2.75) is 20.3 Å². The van der Waals surface area contributed by atoms with Crippen molar-refractivity contribution in [3.8, 4) is 11.3 Å². The minimum Gasteiger partial charge on any atom is -0.302 e. The molecule has 5 heteroatoms. The maximum absolute atomic E-state index is 13.0. The van der Waals surface area contributed by atoms with Crippen LogP contribution in [-0.2, 0) is 11.2 Å². The second kappa shape index (κ2) is 6.93. The van der Waals surface area contributed by atoms with Crippen LogP contribution in [0.25, 0.3) is 11.3 Å². The number of aryl methyl sites for hydroxylation is 2. The van der Waals surface area contributed by atoms with Gasteiger partial charge in [-0.25, -0.2) is 9.37 Å². The monoisotopic (exact) mass is 340 g/mol. The molecule has 0 aliphatic rings. The number of aromatic nitrogens is 1. The number of rotatable bonds is 4. The molecule has 1 amide bonds. The second-order valence-electron chi connectivity index (χ2n) is 5.69. The molecule has 0 bridgehead atoms. The molecule has 1 aromatic heterocycles. The van der Waals surface area contributed by atoms with Crippen LogP contribution in [0.1, 0.15) is 16.7 Å². The SMILES string of the molecule is Cc1ccc(CC(=O)Nc2nc(-c3ccc(F)cc3)cs2)cc1C. The van der Waals surface area contributed by atoms with Gasteiger partial charge in [0, 0.05) is 10.9 Å². The van der Waals surface area contributed by atoms with E-state index in [1.807, 2.05) is 37.4 Å². The summed E-state index contributed by atoms with van der Waals surface area (Å²) in [5, 5.41) is 5.21. The molecule has 3 rings (SSSR count). The molecular formula is C19H17FN2OS. The number of thiazole rings is 1. The molecule has 3 nitrogen and oxygen atoms in total. The van der Waals surface area contributed by atoms with Crippen LogP contribution in [0.15, 0.2) is 47.8 Å². The topological polar surface area (TPSA) is 42.0 Å². The molecule has 1 N–H and O–H groups in total. The van der Waals surface area contributed by atoms with Crippen molar-refractivity contribution in [1.82, 2.24) is 4.98 Å². The van der Waals surface area contributed by atoms with Crippen LogP contribution in [-0.4, -0.2) is 10.9 Å². The van der Waals surface area contributed by atoms with Gasteiger partial charge < -0.3 is 5.32 Å². The quantitative estimate of drug-likeness (QED) is 0.745. The Balaban J connectivity index is 1.66. The molecular weight excluding hydrogens is 323 g/mol. The summed E-state index contributed by atoms with van der Waals surface area (Å²) in [6.45, 7) is 4.08. The fourth-order valence-corrected chi connectivity index (χ4v) is 3.08. The third-order valence-corrected chi connectivity index (χ3v) is 4.58. The van der Waals surface area contributed by atoms with Gasteiger partial charge >= 0.3 is 0 Å². The number of carbonyl (C=O) groups is 1. The van der Waals surface area contributed by atoms with Crippen molar-refractivity contribution < 1.29 is 9.18 Å². The van der Waals surface area contributed by atoms with Crippen LogP contribution >= 0.6 is 11.3 Å². The Morgan fingerprint density at radius 2 is 1.88 bits per heavy atom. The fourth-order valence-electron chi connectivity index (χ4n) is 2.35. The van der Waals surface area contributed by atoms with Gasteiger partial charge in [0.2, 0.25) is 5.91 Å². The molecule has 0 atom stereocenters. The lowest BCUT2D eigenvalue weighted by molar-refractivity contribution is -0.115. The van der Waals surface area contributed by atoms with Gasteiger partial charge in [-0.2, -0.15) is 0 Å². The highest BCUT2D eigenvalue weighted by molar-refractivity contribution is 7.14. The summed E-state index contributed by atoms with van der Waals surface area (Å²) >= 11 is 1.36. The van der Waals surface area contributed by atoms with Gasteiger partial charge in [0.25, 0.3) is 0 Å². The van der Waals surface area contributed by atoms with E-state index in [-0.39, 0.29) is 11.7 Å². The van der Waals surface area contributed by atoms with Gasteiger partial charge in [-0.15, -0.1) is 11.3 Å². The first-order valence-electron chi connectivity index (χ1n) is 7.59. The third-order valence-electron chi connectivity index (χ3n) is 3.83. The Kier molecular flexibility index (Phi) is 4.71. The smallest absolute Gasteiger partial charge is 0.230 e. The molecule has 0 saturated carbocycles. The molecule has 0 aliphatic carbocycles. The van der Waals surface area contributed by atoms with E-state index in [1.165, 1.54) is 34.6 Å². The standard InChI is InChI=1S/C19H17FN2OS/c1-12-3-4-14(9-13(12)2)10-18(23)22-19-21-17(11-24-19)15-5-7-16(20)8-6-15/h3-9,11H,10H2,1-2H3,(H,21,22,23). The molecule has 0 saturated heterocycles. The molecule has 0 radical (unpaired) electrons. The second-order valence-corrected chi connectivity index (χ2v) is 6.55. The number of nitrogens with zero attached hydrogens (tertiary/aromatic N) is 1. The predicted molar refractivity (Wildman–Crippen MR) is 95.8 cm³/mol. The van der Waals surface area contributed by atoms with E-state index >= 15 is 0 Å². The molecule has 0 unspecified atom stereocenters. The first kappa shape index (κ1) is 16.3. The summed E-state index contributed by atoms with van der Waals surface area (Å²) in [5.74, 6) is -0.380. The molecule has 122 valence electrons. The van der Waals surface area contributed by atoms with Gasteiger partial charge in [-0.3, -0.25) is 4.79 Å². The van der Waals surface area contributed by atoms with Gasteiger partial charge in [0.1, 0.15) is 5.82 Å². The highest BCUT2D eigenvalue weighted by Crippen LogP contribution is 2.25. The maximum Gasteiger partial charge on any atom is 0.230 e. The van der Waals surface area contributed by atoms with Gasteiger partial charge in [0.05, 0.1) is 12.1 Å². The molecule has 3 aromatic rings. The van der Waals surface area contributed by atoms with Crippen LogP contribution < -0.4 is 5.32 Å². The molecule has 0 fully saturated rings. The Labute approximate surface area is 144 Å². The average Bonchev–Trinajstić information content (AvgIpc) is 3.00. The molecule has 1 heterocycles. The Hall–Kier alpha value is -2.53. The lowest BCUT2D eigenvalue weighted by Crippen LogP contribution is -2.14. The summed E-state index contributed by atoms with van der Waals surface area (Å²) < 4.78 is 13.0. The summed E-state index contributed by atoms with van der Waals surface area (Å²) in [5.41, 5.74) is 4.91. The molecule has 24 heavy (non-hydrogen) atoms. The number of hydrogen-bond donors (Lipinski definition) is 1. The van der Waals surface area contributed by atoms with E-state index in [2.05, 4.69) is 10.3 Å². The Morgan fingerprint density at radius 1 is 1.12 bits per heavy atom. The van der Waals surface area contributed by atoms with E-state index in [0.29, 0.717) is 11.6 Å². The summed E-state index contributed by atoms with van der Waals surface area (Å²) in [4.78, 5) is 16.6. The van der Waals surface area contributed by atoms with E-state index in [9.17, 15) is 9.18 Å². The number of benzene rings is 2. The lowest BCUT2D eigenvalue weighted by Gasteiger charge is -2.05. The van der Waals surface area contributed by atoms with Crippen LogP contribution in [0.2, 0.25) is 0 Å². The number of halogens is 1. The molecule has 2 aromatic carbocycles. The number of nitrogens with one attached hydrogen (secondary N) is 1. The zero-order chi connectivity index (χ0) is 17.1. The summed E-state index contributed by atoms with van der Waals surface area (Å²) in [6, 6.07) is 12.2. The van der Waals surface area contributed by atoms with Gasteiger partial charge in [0.15, 0.2) is 5.13 Å². The van der Waals surface area contributed by atoms with Crippen molar-refractivity contribution in [1.29, 1.82) is 0 Å². The lowest BCUT2D eigenvalue weighted by atomic mass is 10.0. The first-order valence-corrected chi connectivity index (χ1v) is 8.46. The van der Waals surface area contributed by atoms with Gasteiger partial charge in [-0.05, 0) is 54.8 Å². The molecule has 0 spiro atoms. The zero-order valence-corrected chi connectivity index (χ0v) is 14.3. The minimum atomic E-state index is -0.282. The van der Waals surface area contributed by atoms with Crippen LogP contribution in [0, 0.1) is 19.7 Å². The largest absolute Gasteiger partial charge is 0.302 e. The Morgan fingerprint density at radius 3 is 2.58 bits per heavy atom. The number of carbonyl (C=O) groups excluding carboxylic acids is 1. The van der Waals surface area contributed by atoms with Crippen molar-refractivity contribution in [3.05, 3.63) is 70.4 Å². The highest BCUT2D eigenvalue weighted by Gasteiger charge is 2.09. The fraction of sp³-hybridized carbons (Fsp3) is 0.158. The van der Waals surface area contributed by atoms with Crippen LogP contribution in [0.5, 0.6) is 0 Å². The van der Waals surface area contributed by atoms with E-state index in [1.54, 1.807) is 12.1 Å². The first-order chi connectivity index (χ1) is 11.5. The number of hydrogen-bond acceptors (Lipinski definition) is 3. The third kappa shape index (κ3) is 3.86. The zero-order valence-electron chi connectivity index (χ0n) is 13.5. The van der Waals surface area contributed by atoms with Crippen LogP contribution in [0.4, 0.5) is 9.52 Å². The summed E-state index contributed by atoms with van der Waals surface area (Å²) in [6.07, 6.45) is 0.312. The van der Waals surface area contributed by atoms with E-state index in [4.69, 9.17) is 0 Å².